The highest BCUT2D eigenvalue weighted by Gasteiger charge is 2.27. The van der Waals surface area contributed by atoms with Crippen LogP contribution < -0.4 is 11.2 Å². The highest BCUT2D eigenvalue weighted by Crippen LogP contribution is 2.28. The molecule has 3 heterocycles. The Hall–Kier alpha value is -1.05. The Balaban J connectivity index is 1.58. The second-order valence-corrected chi connectivity index (χ2v) is 8.36. The summed E-state index contributed by atoms with van der Waals surface area (Å²) in [6.45, 7) is 6.81. The normalized spacial score (nSPS) is 22.1. The molecule has 0 N–H and O–H groups in total. The summed E-state index contributed by atoms with van der Waals surface area (Å²) in [7, 11) is 3.23. The van der Waals surface area contributed by atoms with Gasteiger partial charge in [0.15, 0.2) is 0 Å². The molecule has 0 aliphatic carbocycles. The smallest absolute Gasteiger partial charge is 0.302 e. The van der Waals surface area contributed by atoms with Crippen LogP contribution in [0.1, 0.15) is 32.6 Å². The fourth-order valence-corrected chi connectivity index (χ4v) is 4.76. The Kier molecular flexibility index (Phi) is 5.52. The van der Waals surface area contributed by atoms with E-state index in [0.29, 0.717) is 10.9 Å². The third kappa shape index (κ3) is 3.78. The third-order valence-electron chi connectivity index (χ3n) is 5.40. The van der Waals surface area contributed by atoms with E-state index in [1.165, 1.54) is 54.1 Å². The molecule has 0 bridgehead atoms. The number of aromatic nitrogens is 2. The van der Waals surface area contributed by atoms with Crippen LogP contribution in [0.3, 0.4) is 0 Å². The van der Waals surface area contributed by atoms with E-state index in [2.05, 4.69) is 16.1 Å². The minimum Gasteiger partial charge on any atom is -0.302 e. The molecule has 2 fully saturated rings. The Morgan fingerprint density at radius 3 is 2.25 bits per heavy atom. The predicted molar refractivity (Wildman–Crippen MR) is 97.3 cm³/mol. The molecular formula is C17H28N4O2S. The first kappa shape index (κ1) is 17.8. The molecule has 0 unspecified atom stereocenters. The maximum absolute atomic E-state index is 12.3. The minimum atomic E-state index is -0.276. The van der Waals surface area contributed by atoms with E-state index in [9.17, 15) is 9.59 Å². The minimum absolute atomic E-state index is 0.199. The molecule has 7 heteroatoms. The molecule has 0 amide bonds. The average molecular weight is 353 g/mol. The molecule has 0 aromatic carbocycles. The van der Waals surface area contributed by atoms with Crippen molar-refractivity contribution in [1.82, 2.24) is 18.3 Å². The highest BCUT2D eigenvalue weighted by atomic mass is 32.2. The molecule has 2 saturated heterocycles. The molecule has 0 saturated carbocycles. The predicted octanol–water partition coefficient (Wildman–Crippen LogP) is 1.29. The topological polar surface area (TPSA) is 50.5 Å². The van der Waals surface area contributed by atoms with Crippen molar-refractivity contribution in [3.05, 3.63) is 27.0 Å². The first-order chi connectivity index (χ1) is 11.5. The summed E-state index contributed by atoms with van der Waals surface area (Å²) in [5, 5.41) is 0. The Labute approximate surface area is 147 Å². The SMILES string of the molecule is CC1CCN(C2CCN(Sc3cn(C)c(=O)n(C)c3=O)CC2)CC1. The van der Waals surface area contributed by atoms with Crippen LogP contribution in [-0.4, -0.2) is 50.6 Å². The summed E-state index contributed by atoms with van der Waals surface area (Å²) in [5.74, 6) is 0.873. The lowest BCUT2D eigenvalue weighted by atomic mass is 9.95. The van der Waals surface area contributed by atoms with Gasteiger partial charge in [-0.2, -0.15) is 0 Å². The van der Waals surface area contributed by atoms with Crippen LogP contribution in [0.2, 0.25) is 0 Å². The van der Waals surface area contributed by atoms with Crippen LogP contribution >= 0.6 is 11.9 Å². The van der Waals surface area contributed by atoms with Crippen molar-refractivity contribution in [2.24, 2.45) is 20.0 Å². The van der Waals surface area contributed by atoms with Gasteiger partial charge in [-0.1, -0.05) is 6.92 Å². The zero-order chi connectivity index (χ0) is 17.3. The van der Waals surface area contributed by atoms with Crippen molar-refractivity contribution in [1.29, 1.82) is 0 Å². The molecular weight excluding hydrogens is 324 g/mol. The molecule has 24 heavy (non-hydrogen) atoms. The lowest BCUT2D eigenvalue weighted by Gasteiger charge is -2.41. The molecule has 2 aliphatic heterocycles. The summed E-state index contributed by atoms with van der Waals surface area (Å²) < 4.78 is 4.93. The maximum atomic E-state index is 12.3. The van der Waals surface area contributed by atoms with Crippen LogP contribution in [0.4, 0.5) is 0 Å². The third-order valence-corrected chi connectivity index (χ3v) is 6.50. The lowest BCUT2D eigenvalue weighted by Crippen LogP contribution is -2.46. The first-order valence-electron chi connectivity index (χ1n) is 8.89. The highest BCUT2D eigenvalue weighted by molar-refractivity contribution is 7.97. The Bertz CT molecular complexity index is 683. The van der Waals surface area contributed by atoms with Gasteiger partial charge in [0, 0.05) is 39.4 Å². The number of nitrogens with zero attached hydrogens (tertiary/aromatic N) is 4. The van der Waals surface area contributed by atoms with Gasteiger partial charge in [-0.15, -0.1) is 0 Å². The molecule has 0 atom stereocenters. The van der Waals surface area contributed by atoms with Crippen molar-refractivity contribution >= 4 is 11.9 Å². The lowest BCUT2D eigenvalue weighted by molar-refractivity contribution is 0.103. The van der Waals surface area contributed by atoms with Crippen LogP contribution in [-0.2, 0) is 14.1 Å². The Morgan fingerprint density at radius 2 is 1.62 bits per heavy atom. The number of aryl methyl sites for hydroxylation is 1. The van der Waals surface area contributed by atoms with E-state index in [0.717, 1.165) is 31.8 Å². The van der Waals surface area contributed by atoms with E-state index in [4.69, 9.17) is 0 Å². The van der Waals surface area contributed by atoms with E-state index < -0.39 is 0 Å². The van der Waals surface area contributed by atoms with Crippen LogP contribution in [0.25, 0.3) is 0 Å². The monoisotopic (exact) mass is 352 g/mol. The Morgan fingerprint density at radius 1 is 1.00 bits per heavy atom. The number of piperidine rings is 2. The zero-order valence-corrected chi connectivity index (χ0v) is 15.7. The first-order valence-corrected chi connectivity index (χ1v) is 9.66. The maximum Gasteiger partial charge on any atom is 0.330 e. The van der Waals surface area contributed by atoms with Gasteiger partial charge in [0.1, 0.15) is 4.90 Å². The van der Waals surface area contributed by atoms with Crippen molar-refractivity contribution in [3.63, 3.8) is 0 Å². The summed E-state index contributed by atoms with van der Waals surface area (Å²) in [5.41, 5.74) is -0.474. The van der Waals surface area contributed by atoms with Gasteiger partial charge in [0.25, 0.3) is 5.56 Å². The van der Waals surface area contributed by atoms with Gasteiger partial charge in [-0.25, -0.2) is 9.10 Å². The number of hydrogen-bond acceptors (Lipinski definition) is 5. The van der Waals surface area contributed by atoms with Gasteiger partial charge in [-0.3, -0.25) is 9.36 Å². The van der Waals surface area contributed by atoms with Gasteiger partial charge in [0.05, 0.1) is 0 Å². The number of likely N-dealkylation sites (tertiary alicyclic amines) is 1. The van der Waals surface area contributed by atoms with Crippen LogP contribution in [0.15, 0.2) is 20.7 Å². The quantitative estimate of drug-likeness (QED) is 0.767. The molecule has 0 spiro atoms. The molecule has 1 aromatic heterocycles. The average Bonchev–Trinajstić information content (AvgIpc) is 2.59. The van der Waals surface area contributed by atoms with E-state index in [1.54, 1.807) is 13.2 Å². The van der Waals surface area contributed by atoms with Crippen molar-refractivity contribution in [2.45, 2.75) is 43.5 Å². The number of rotatable bonds is 3. The van der Waals surface area contributed by atoms with E-state index in [-0.39, 0.29) is 11.2 Å². The molecule has 1 aromatic rings. The van der Waals surface area contributed by atoms with Crippen molar-refractivity contribution in [2.75, 3.05) is 26.2 Å². The van der Waals surface area contributed by atoms with Crippen LogP contribution in [0, 0.1) is 5.92 Å². The second-order valence-electron chi connectivity index (χ2n) is 7.22. The fraction of sp³-hybridized carbons (Fsp3) is 0.765. The van der Waals surface area contributed by atoms with Crippen molar-refractivity contribution < 1.29 is 0 Å². The number of hydrogen-bond donors (Lipinski definition) is 0. The summed E-state index contributed by atoms with van der Waals surface area (Å²) in [4.78, 5) is 27.3. The fourth-order valence-electron chi connectivity index (χ4n) is 3.67. The molecule has 2 aliphatic rings. The van der Waals surface area contributed by atoms with E-state index in [1.807, 2.05) is 0 Å². The largest absolute Gasteiger partial charge is 0.330 e. The molecule has 6 nitrogen and oxygen atoms in total. The van der Waals surface area contributed by atoms with Gasteiger partial charge < -0.3 is 9.47 Å². The van der Waals surface area contributed by atoms with Gasteiger partial charge in [0.2, 0.25) is 0 Å². The molecule has 3 rings (SSSR count). The van der Waals surface area contributed by atoms with Crippen molar-refractivity contribution in [3.8, 4) is 0 Å². The van der Waals surface area contributed by atoms with Gasteiger partial charge >= 0.3 is 5.69 Å². The summed E-state index contributed by atoms with van der Waals surface area (Å²) in [6.07, 6.45) is 6.63. The molecule has 134 valence electrons. The van der Waals surface area contributed by atoms with E-state index >= 15 is 0 Å². The molecule has 0 radical (unpaired) electrons. The van der Waals surface area contributed by atoms with Crippen LogP contribution in [0.5, 0.6) is 0 Å². The second kappa shape index (κ2) is 7.45. The standard InChI is InChI=1S/C17H28N4O2S/c1-13-4-8-20(9-5-13)14-6-10-21(11-7-14)24-15-12-18(2)17(23)19(3)16(15)22/h12-14H,4-11H2,1-3H3. The summed E-state index contributed by atoms with van der Waals surface area (Å²) in [6, 6.07) is 0.692. The zero-order valence-electron chi connectivity index (χ0n) is 14.9. The summed E-state index contributed by atoms with van der Waals surface area (Å²) >= 11 is 1.50. The van der Waals surface area contributed by atoms with Gasteiger partial charge in [-0.05, 0) is 56.6 Å².